The third kappa shape index (κ3) is 3.96. The van der Waals surface area contributed by atoms with E-state index in [-0.39, 0.29) is 11.9 Å². The molecule has 0 aliphatic heterocycles. The summed E-state index contributed by atoms with van der Waals surface area (Å²) in [4.78, 5) is 17.0. The molecule has 5 N–H and O–H groups in total. The first-order chi connectivity index (χ1) is 8.97. The van der Waals surface area contributed by atoms with Crippen molar-refractivity contribution in [3.05, 3.63) is 29.8 Å². The van der Waals surface area contributed by atoms with Crippen molar-refractivity contribution >= 4 is 17.6 Å². The van der Waals surface area contributed by atoms with Gasteiger partial charge in [-0.3, -0.25) is 9.79 Å². The number of hydrogen-bond acceptors (Lipinski definition) is 3. The lowest BCUT2D eigenvalue weighted by molar-refractivity contribution is -0.116. The van der Waals surface area contributed by atoms with Crippen LogP contribution >= 0.6 is 0 Å². The zero-order valence-corrected chi connectivity index (χ0v) is 11.6. The molecule has 6 nitrogen and oxygen atoms in total. The Hall–Kier alpha value is -2.08. The average Bonchev–Trinajstić information content (AvgIpc) is 2.37. The fraction of sp³-hybridized carbons (Fsp3) is 0.385. The highest BCUT2D eigenvalue weighted by molar-refractivity contribution is 5.92. The minimum absolute atomic E-state index is 0.0603. The Kier molecular flexibility index (Phi) is 5.32. The number of carbonyl (C=O) groups is 1. The smallest absolute Gasteiger partial charge is 0.223 e. The standard InChI is InChI=1S/C13H21N5O/c1-4-16-13(15)17-12(14)10-7-5-6-8-11(10)18(3)9(2)19/h5-8,12H,4,14H2,1-3H3,(H3,15,16,17)/t12-/m0/s1. The van der Waals surface area contributed by atoms with E-state index in [1.165, 1.54) is 6.92 Å². The highest BCUT2D eigenvalue weighted by Gasteiger charge is 2.15. The van der Waals surface area contributed by atoms with Gasteiger partial charge in [0.1, 0.15) is 6.17 Å². The SMILES string of the molecule is CCN=C(N)N[C@H](N)c1ccccc1N(C)C(C)=O. The van der Waals surface area contributed by atoms with Gasteiger partial charge in [0.25, 0.3) is 0 Å². The van der Waals surface area contributed by atoms with Crippen LogP contribution in [-0.4, -0.2) is 25.5 Å². The van der Waals surface area contributed by atoms with Crippen LogP contribution in [0.5, 0.6) is 0 Å². The highest BCUT2D eigenvalue weighted by atomic mass is 16.2. The Morgan fingerprint density at radius 3 is 2.68 bits per heavy atom. The Bertz CT molecular complexity index is 472. The lowest BCUT2D eigenvalue weighted by Crippen LogP contribution is -2.40. The van der Waals surface area contributed by atoms with Crippen molar-refractivity contribution < 1.29 is 4.79 Å². The minimum Gasteiger partial charge on any atom is -0.370 e. The van der Waals surface area contributed by atoms with Gasteiger partial charge in [0.2, 0.25) is 5.91 Å². The molecule has 0 saturated heterocycles. The molecule has 0 unspecified atom stereocenters. The third-order valence-electron chi connectivity index (χ3n) is 2.74. The summed E-state index contributed by atoms with van der Waals surface area (Å²) in [5.41, 5.74) is 13.3. The first-order valence-electron chi connectivity index (χ1n) is 6.12. The molecule has 1 aromatic rings. The fourth-order valence-electron chi connectivity index (χ4n) is 1.68. The molecule has 1 amide bonds. The van der Waals surface area contributed by atoms with Gasteiger partial charge in [-0.25, -0.2) is 0 Å². The van der Waals surface area contributed by atoms with Gasteiger partial charge in [0, 0.05) is 31.8 Å². The maximum Gasteiger partial charge on any atom is 0.223 e. The van der Waals surface area contributed by atoms with E-state index in [1.807, 2.05) is 31.2 Å². The number of carbonyl (C=O) groups excluding carboxylic acids is 1. The van der Waals surface area contributed by atoms with Crippen LogP contribution in [-0.2, 0) is 4.79 Å². The molecule has 0 aliphatic carbocycles. The van der Waals surface area contributed by atoms with E-state index in [0.717, 1.165) is 11.3 Å². The first kappa shape index (κ1) is 15.0. The van der Waals surface area contributed by atoms with Crippen LogP contribution in [0.15, 0.2) is 29.3 Å². The van der Waals surface area contributed by atoms with E-state index >= 15 is 0 Å². The molecule has 6 heteroatoms. The number of rotatable bonds is 4. The molecule has 0 fully saturated rings. The number of para-hydroxylation sites is 1. The number of anilines is 1. The zero-order chi connectivity index (χ0) is 14.4. The molecule has 1 aromatic carbocycles. The van der Waals surface area contributed by atoms with E-state index in [2.05, 4.69) is 10.3 Å². The maximum absolute atomic E-state index is 11.5. The molecule has 1 rings (SSSR count). The minimum atomic E-state index is -0.520. The topological polar surface area (TPSA) is 96.7 Å². The van der Waals surface area contributed by atoms with Crippen LogP contribution in [0.25, 0.3) is 0 Å². The lowest BCUT2D eigenvalue weighted by Gasteiger charge is -2.23. The summed E-state index contributed by atoms with van der Waals surface area (Å²) in [7, 11) is 1.71. The Morgan fingerprint density at radius 1 is 1.47 bits per heavy atom. The summed E-state index contributed by atoms with van der Waals surface area (Å²) in [5.74, 6) is 0.227. The molecule has 0 saturated carbocycles. The average molecular weight is 263 g/mol. The largest absolute Gasteiger partial charge is 0.370 e. The molecule has 1 atom stereocenters. The summed E-state index contributed by atoms with van der Waals surface area (Å²) in [6, 6.07) is 7.41. The van der Waals surface area contributed by atoms with E-state index < -0.39 is 6.17 Å². The quantitative estimate of drug-likeness (QED) is 0.420. The summed E-state index contributed by atoms with van der Waals surface area (Å²) in [5, 5.41) is 2.90. The van der Waals surface area contributed by atoms with Gasteiger partial charge in [0.15, 0.2) is 5.96 Å². The summed E-state index contributed by atoms with van der Waals surface area (Å²) in [6.45, 7) is 3.97. The number of nitrogens with zero attached hydrogens (tertiary/aromatic N) is 2. The normalized spacial score (nSPS) is 12.9. The molecule has 104 valence electrons. The van der Waals surface area contributed by atoms with E-state index in [0.29, 0.717) is 6.54 Å². The molecule has 0 aliphatic rings. The second-order valence-corrected chi connectivity index (χ2v) is 4.12. The predicted octanol–water partition coefficient (Wildman–Crippen LogP) is 0.551. The van der Waals surface area contributed by atoms with Gasteiger partial charge in [-0.15, -0.1) is 0 Å². The lowest BCUT2D eigenvalue weighted by atomic mass is 10.1. The van der Waals surface area contributed by atoms with Crippen molar-refractivity contribution in [3.8, 4) is 0 Å². The molecular formula is C13H21N5O. The predicted molar refractivity (Wildman–Crippen MR) is 77.8 cm³/mol. The molecule has 0 heterocycles. The van der Waals surface area contributed by atoms with Crippen molar-refractivity contribution in [1.29, 1.82) is 0 Å². The number of guanidine groups is 1. The van der Waals surface area contributed by atoms with Crippen LogP contribution in [0.1, 0.15) is 25.6 Å². The Morgan fingerprint density at radius 2 is 2.11 bits per heavy atom. The van der Waals surface area contributed by atoms with Gasteiger partial charge >= 0.3 is 0 Å². The van der Waals surface area contributed by atoms with Crippen LogP contribution in [0.3, 0.4) is 0 Å². The van der Waals surface area contributed by atoms with Gasteiger partial charge in [-0.05, 0) is 13.0 Å². The summed E-state index contributed by atoms with van der Waals surface area (Å²) >= 11 is 0. The highest BCUT2D eigenvalue weighted by Crippen LogP contribution is 2.23. The number of aliphatic imine (C=N–C) groups is 1. The van der Waals surface area contributed by atoms with Gasteiger partial charge in [-0.2, -0.15) is 0 Å². The Labute approximate surface area is 113 Å². The monoisotopic (exact) mass is 263 g/mol. The van der Waals surface area contributed by atoms with Gasteiger partial charge in [-0.1, -0.05) is 18.2 Å². The second-order valence-electron chi connectivity index (χ2n) is 4.12. The van der Waals surface area contributed by atoms with Crippen LogP contribution in [0, 0.1) is 0 Å². The van der Waals surface area contributed by atoms with E-state index in [9.17, 15) is 4.79 Å². The number of amides is 1. The summed E-state index contributed by atoms with van der Waals surface area (Å²) in [6.07, 6.45) is -0.520. The fourth-order valence-corrected chi connectivity index (χ4v) is 1.68. The summed E-state index contributed by atoms with van der Waals surface area (Å²) < 4.78 is 0. The zero-order valence-electron chi connectivity index (χ0n) is 11.6. The van der Waals surface area contributed by atoms with Crippen LogP contribution in [0.2, 0.25) is 0 Å². The van der Waals surface area contributed by atoms with Crippen molar-refractivity contribution in [2.24, 2.45) is 16.5 Å². The van der Waals surface area contributed by atoms with Crippen molar-refractivity contribution in [2.75, 3.05) is 18.5 Å². The molecule has 0 radical (unpaired) electrons. The maximum atomic E-state index is 11.5. The van der Waals surface area contributed by atoms with Crippen molar-refractivity contribution in [2.45, 2.75) is 20.0 Å². The molecule has 0 spiro atoms. The van der Waals surface area contributed by atoms with Crippen LogP contribution < -0.4 is 21.7 Å². The van der Waals surface area contributed by atoms with Crippen LogP contribution in [0.4, 0.5) is 5.69 Å². The van der Waals surface area contributed by atoms with E-state index in [4.69, 9.17) is 11.5 Å². The number of nitrogens with two attached hydrogens (primary N) is 2. The number of nitrogens with one attached hydrogen (secondary N) is 1. The first-order valence-corrected chi connectivity index (χ1v) is 6.12. The molecule has 0 aromatic heterocycles. The van der Waals surface area contributed by atoms with Crippen molar-refractivity contribution in [1.82, 2.24) is 5.32 Å². The van der Waals surface area contributed by atoms with Gasteiger partial charge < -0.3 is 21.7 Å². The second kappa shape index (κ2) is 6.75. The molecule has 0 bridgehead atoms. The van der Waals surface area contributed by atoms with E-state index in [1.54, 1.807) is 11.9 Å². The van der Waals surface area contributed by atoms with Gasteiger partial charge in [0.05, 0.1) is 0 Å². The Balaban J connectivity index is 3.00. The number of benzene rings is 1. The molecular weight excluding hydrogens is 242 g/mol. The number of hydrogen-bond donors (Lipinski definition) is 3. The molecule has 19 heavy (non-hydrogen) atoms. The third-order valence-corrected chi connectivity index (χ3v) is 2.74. The van der Waals surface area contributed by atoms with Crippen molar-refractivity contribution in [3.63, 3.8) is 0 Å².